The number of nitrogens with zero attached hydrogens (tertiary/aromatic N) is 3. The van der Waals surface area contributed by atoms with Gasteiger partial charge in [0.1, 0.15) is 18.9 Å². The van der Waals surface area contributed by atoms with Gasteiger partial charge >= 0.3 is 5.90 Å². The molecule has 2 aliphatic rings. The maximum atomic E-state index is 13.8. The van der Waals surface area contributed by atoms with E-state index in [4.69, 9.17) is 0 Å². The van der Waals surface area contributed by atoms with Crippen molar-refractivity contribution in [1.82, 2.24) is 8.28 Å². The second-order valence-electron chi connectivity index (χ2n) is 10.6. The quantitative estimate of drug-likeness (QED) is 0.372. The zero-order valence-electron chi connectivity index (χ0n) is 21.5. The first-order valence-corrected chi connectivity index (χ1v) is 15.8. The minimum absolute atomic E-state index is 0.0426. The summed E-state index contributed by atoms with van der Waals surface area (Å²) >= 11 is 0. The van der Waals surface area contributed by atoms with Crippen LogP contribution in [0, 0.1) is 17.7 Å². The summed E-state index contributed by atoms with van der Waals surface area (Å²) in [5.74, 6) is -0.279. The first-order valence-electron chi connectivity index (χ1n) is 13.0. The summed E-state index contributed by atoms with van der Waals surface area (Å²) in [7, 11) is -8.06. The Hall–Kier alpha value is -2.76. The lowest BCUT2D eigenvalue weighted by atomic mass is 9.94. The molecule has 2 saturated heterocycles. The zero-order valence-corrected chi connectivity index (χ0v) is 23.2. The lowest BCUT2D eigenvalue weighted by Gasteiger charge is -2.34. The molecule has 0 spiro atoms. The molecule has 2 unspecified atom stereocenters. The van der Waals surface area contributed by atoms with E-state index in [0.717, 1.165) is 41.8 Å². The van der Waals surface area contributed by atoms with Crippen LogP contribution in [0.25, 0.3) is 10.9 Å². The molecule has 0 aliphatic carbocycles. The van der Waals surface area contributed by atoms with E-state index in [0.29, 0.717) is 31.6 Å². The number of benzene rings is 2. The third kappa shape index (κ3) is 4.87. The molecule has 0 amide bonds. The minimum atomic E-state index is -4.25. The molecule has 5 rings (SSSR count). The fraction of sp³-hybridized carbons (Fsp3) is 0.444. The molecule has 2 aromatic carbocycles. The van der Waals surface area contributed by atoms with Gasteiger partial charge in [-0.3, -0.25) is 0 Å². The summed E-state index contributed by atoms with van der Waals surface area (Å²) in [4.78, 5) is -0.0660. The van der Waals surface area contributed by atoms with E-state index in [-0.39, 0.29) is 38.7 Å². The van der Waals surface area contributed by atoms with Crippen LogP contribution in [-0.4, -0.2) is 66.9 Å². The number of aliphatic hydroxyl groups is 1. The monoisotopic (exact) mass is 562 g/mol. The molecule has 8 nitrogen and oxygen atoms in total. The second-order valence-corrected chi connectivity index (χ2v) is 14.3. The SMILES string of the molecule is CC1CC(C)CN(S(=O)(=O)c2ccc3c(c2)cc(C(O)=[N+]2CCCCC2)n3S(=O)(=O)c2ccc(F)cc2)C1. The predicted molar refractivity (Wildman–Crippen MR) is 143 cm³/mol. The van der Waals surface area contributed by atoms with Crippen molar-refractivity contribution in [2.24, 2.45) is 11.8 Å². The number of rotatable bonds is 5. The standard InChI is InChI=1S/C27H32FN3O5S2/c1-19-14-20(2)18-30(17-19)37(33,34)24-10-11-25-21(15-24)16-26(27(32)29-12-4-3-5-13-29)31(25)38(35,36)23-8-6-22(28)7-9-23/h6-11,15-16,19-20H,3-5,12-14,17-18H2,1-2H3/p+1. The summed E-state index contributed by atoms with van der Waals surface area (Å²) in [5, 5.41) is 11.6. The fourth-order valence-corrected chi connectivity index (χ4v) is 8.90. The number of sulfonamides is 1. The number of fused-ring (bicyclic) bond motifs is 1. The molecule has 204 valence electrons. The van der Waals surface area contributed by atoms with Gasteiger partial charge in [-0.05, 0) is 73.2 Å². The van der Waals surface area contributed by atoms with Crippen molar-refractivity contribution in [2.45, 2.75) is 49.3 Å². The van der Waals surface area contributed by atoms with Gasteiger partial charge < -0.3 is 5.11 Å². The molecule has 1 aromatic heterocycles. The highest BCUT2D eigenvalue weighted by atomic mass is 32.2. The lowest BCUT2D eigenvalue weighted by molar-refractivity contribution is -0.544. The first kappa shape index (κ1) is 26.8. The van der Waals surface area contributed by atoms with Crippen molar-refractivity contribution in [3.63, 3.8) is 0 Å². The Morgan fingerprint density at radius 3 is 2.11 bits per heavy atom. The molecule has 0 radical (unpaired) electrons. The van der Waals surface area contributed by atoms with Crippen LogP contribution in [0.15, 0.2) is 58.3 Å². The number of hydrogen-bond acceptors (Lipinski definition) is 4. The van der Waals surface area contributed by atoms with Crippen LogP contribution >= 0.6 is 0 Å². The molecule has 0 saturated carbocycles. The summed E-state index contributed by atoms with van der Waals surface area (Å²) in [6.45, 7) is 6.09. The van der Waals surface area contributed by atoms with E-state index in [2.05, 4.69) is 0 Å². The Morgan fingerprint density at radius 2 is 1.47 bits per heavy atom. The molecule has 3 heterocycles. The summed E-state index contributed by atoms with van der Waals surface area (Å²) in [6, 6.07) is 10.4. The van der Waals surface area contributed by atoms with Gasteiger partial charge in [0.2, 0.25) is 10.0 Å². The zero-order chi connectivity index (χ0) is 27.2. The van der Waals surface area contributed by atoms with Gasteiger partial charge in [0.15, 0.2) is 5.69 Å². The van der Waals surface area contributed by atoms with Gasteiger partial charge in [-0.15, -0.1) is 0 Å². The summed E-state index contributed by atoms with van der Waals surface area (Å²) in [5.41, 5.74) is 0.271. The van der Waals surface area contributed by atoms with Crippen molar-refractivity contribution in [3.8, 4) is 0 Å². The van der Waals surface area contributed by atoms with Crippen LogP contribution in [-0.2, 0) is 20.0 Å². The molecule has 3 aromatic rings. The normalized spacial score (nSPS) is 21.6. The average Bonchev–Trinajstić information content (AvgIpc) is 3.28. The number of halogens is 1. The molecule has 11 heteroatoms. The van der Waals surface area contributed by atoms with Crippen molar-refractivity contribution >= 4 is 36.8 Å². The minimum Gasteiger partial charge on any atom is -0.459 e. The molecule has 2 aliphatic heterocycles. The molecule has 2 atom stereocenters. The Morgan fingerprint density at radius 1 is 0.868 bits per heavy atom. The number of piperidine rings is 2. The van der Waals surface area contributed by atoms with E-state index >= 15 is 0 Å². The van der Waals surface area contributed by atoms with E-state index in [1.165, 1.54) is 40.7 Å². The van der Waals surface area contributed by atoms with Crippen LogP contribution in [0.5, 0.6) is 0 Å². The Labute approximate surface area is 223 Å². The van der Waals surface area contributed by atoms with Crippen LogP contribution in [0.3, 0.4) is 0 Å². The third-order valence-electron chi connectivity index (χ3n) is 7.44. The van der Waals surface area contributed by atoms with Gasteiger partial charge in [0.05, 0.1) is 15.3 Å². The Bertz CT molecular complexity index is 1590. The highest BCUT2D eigenvalue weighted by molar-refractivity contribution is 7.90. The van der Waals surface area contributed by atoms with E-state index in [1.807, 2.05) is 13.8 Å². The highest BCUT2D eigenvalue weighted by Crippen LogP contribution is 2.31. The van der Waals surface area contributed by atoms with Crippen LogP contribution in [0.2, 0.25) is 0 Å². The molecular formula is C27H33FN3O5S2+. The number of aromatic nitrogens is 1. The van der Waals surface area contributed by atoms with Gasteiger partial charge in [-0.2, -0.15) is 8.88 Å². The van der Waals surface area contributed by atoms with Crippen molar-refractivity contribution in [2.75, 3.05) is 26.2 Å². The topological polar surface area (TPSA) is 99.7 Å². The maximum absolute atomic E-state index is 13.8. The molecule has 0 bridgehead atoms. The third-order valence-corrected chi connectivity index (χ3v) is 11.0. The number of aliphatic hydroxyl groups excluding tert-OH is 1. The van der Waals surface area contributed by atoms with Gasteiger partial charge in [-0.1, -0.05) is 13.8 Å². The van der Waals surface area contributed by atoms with Crippen LogP contribution in [0.4, 0.5) is 4.39 Å². The lowest BCUT2D eigenvalue weighted by Crippen LogP contribution is -2.42. The predicted octanol–water partition coefficient (Wildman–Crippen LogP) is 4.19. The van der Waals surface area contributed by atoms with Crippen LogP contribution in [0.1, 0.15) is 45.2 Å². The summed E-state index contributed by atoms with van der Waals surface area (Å²) in [6.07, 6.45) is 3.72. The van der Waals surface area contributed by atoms with E-state index < -0.39 is 25.9 Å². The van der Waals surface area contributed by atoms with Gasteiger partial charge in [0.25, 0.3) is 10.0 Å². The summed E-state index contributed by atoms with van der Waals surface area (Å²) < 4.78 is 72.5. The van der Waals surface area contributed by atoms with Crippen LogP contribution < -0.4 is 0 Å². The average molecular weight is 563 g/mol. The molecule has 2 fully saturated rings. The molecular weight excluding hydrogens is 529 g/mol. The smallest absolute Gasteiger partial charge is 0.385 e. The Kier molecular flexibility index (Phi) is 7.12. The number of hydrogen-bond donors (Lipinski definition) is 1. The van der Waals surface area contributed by atoms with Crippen molar-refractivity contribution < 1.29 is 30.9 Å². The second kappa shape index (κ2) is 10.1. The molecule has 38 heavy (non-hydrogen) atoms. The fourth-order valence-electron chi connectivity index (χ4n) is 5.67. The van der Waals surface area contributed by atoms with Crippen molar-refractivity contribution in [3.05, 3.63) is 60.0 Å². The van der Waals surface area contributed by atoms with Gasteiger partial charge in [-0.25, -0.2) is 25.2 Å². The Balaban J connectivity index is 1.68. The highest BCUT2D eigenvalue weighted by Gasteiger charge is 2.34. The maximum Gasteiger partial charge on any atom is 0.385 e. The largest absolute Gasteiger partial charge is 0.459 e. The van der Waals surface area contributed by atoms with Crippen molar-refractivity contribution in [1.29, 1.82) is 0 Å². The van der Waals surface area contributed by atoms with Gasteiger partial charge in [0, 0.05) is 31.3 Å². The van der Waals surface area contributed by atoms with E-state index in [1.54, 1.807) is 4.58 Å². The molecule has 1 N–H and O–H groups in total. The van der Waals surface area contributed by atoms with E-state index in [9.17, 15) is 26.3 Å². The first-order chi connectivity index (χ1) is 18.0.